The van der Waals surface area contributed by atoms with Crippen molar-refractivity contribution in [3.05, 3.63) is 0 Å². The maximum atomic E-state index is 11.2. The Bertz CT molecular complexity index is 202. The van der Waals surface area contributed by atoms with E-state index in [2.05, 4.69) is 4.74 Å². The molecule has 4 heteroatoms. The zero-order valence-electron chi connectivity index (χ0n) is 8.71. The first-order valence-corrected chi connectivity index (χ1v) is 4.08. The lowest BCUT2D eigenvalue weighted by Gasteiger charge is -2.21. The number of carbonyl (C=O) groups excluding carboxylic acids is 2. The van der Waals surface area contributed by atoms with Gasteiger partial charge in [0, 0.05) is 0 Å². The Balaban J connectivity index is 4.20. The Morgan fingerprint density at radius 2 is 1.62 bits per heavy atom. The molecule has 0 unspecified atom stereocenters. The molecule has 0 fully saturated rings. The normalized spacial score (nSPS) is 13.3. The van der Waals surface area contributed by atoms with Crippen LogP contribution in [0.2, 0.25) is 0 Å². The number of hydrogen-bond acceptors (Lipinski definition) is 4. The summed E-state index contributed by atoms with van der Waals surface area (Å²) in [5.74, 6) is -1.99. The summed E-state index contributed by atoms with van der Waals surface area (Å²) in [5.41, 5.74) is -0.570. The molecular formula is C9H16O4. The molecule has 1 atom stereocenters. The van der Waals surface area contributed by atoms with Crippen LogP contribution in [0.15, 0.2) is 0 Å². The topological polar surface area (TPSA) is 52.6 Å². The van der Waals surface area contributed by atoms with E-state index in [1.165, 1.54) is 14.0 Å². The fourth-order valence-electron chi connectivity index (χ4n) is 0.663. The molecule has 0 aromatic carbocycles. The van der Waals surface area contributed by atoms with Crippen molar-refractivity contribution in [2.24, 2.45) is 5.92 Å². The largest absolute Gasteiger partial charge is 0.468 e. The quantitative estimate of drug-likeness (QED) is 0.481. The number of methoxy groups -OCH3 is 1. The Labute approximate surface area is 78.2 Å². The predicted octanol–water partition coefficient (Wildman–Crippen LogP) is 1.14. The third-order valence-corrected chi connectivity index (χ3v) is 1.32. The van der Waals surface area contributed by atoms with Crippen LogP contribution in [0.4, 0.5) is 0 Å². The SMILES string of the molecule is COC(=O)[C@H](C)C(=O)OC(C)(C)C. The van der Waals surface area contributed by atoms with Crippen LogP contribution in [0.1, 0.15) is 27.7 Å². The molecule has 0 aliphatic carbocycles. The predicted molar refractivity (Wildman–Crippen MR) is 47.0 cm³/mol. The third kappa shape index (κ3) is 4.50. The molecule has 0 rings (SSSR count). The fourth-order valence-corrected chi connectivity index (χ4v) is 0.663. The van der Waals surface area contributed by atoms with Gasteiger partial charge in [0.15, 0.2) is 5.92 Å². The summed E-state index contributed by atoms with van der Waals surface area (Å²) in [4.78, 5) is 22.2. The van der Waals surface area contributed by atoms with E-state index >= 15 is 0 Å². The van der Waals surface area contributed by atoms with Crippen LogP contribution in [0.3, 0.4) is 0 Å². The molecule has 0 aromatic rings. The minimum absolute atomic E-state index is 0.556. The van der Waals surface area contributed by atoms with Crippen LogP contribution < -0.4 is 0 Å². The lowest BCUT2D eigenvalue weighted by atomic mass is 10.1. The van der Waals surface area contributed by atoms with E-state index in [1.807, 2.05) is 0 Å². The van der Waals surface area contributed by atoms with Crippen molar-refractivity contribution in [3.63, 3.8) is 0 Å². The Hall–Kier alpha value is -1.06. The molecule has 0 amide bonds. The van der Waals surface area contributed by atoms with Crippen LogP contribution in [0.5, 0.6) is 0 Å². The van der Waals surface area contributed by atoms with Crippen molar-refractivity contribution >= 4 is 11.9 Å². The zero-order valence-corrected chi connectivity index (χ0v) is 8.71. The van der Waals surface area contributed by atoms with E-state index in [1.54, 1.807) is 20.8 Å². The average Bonchev–Trinajstić information content (AvgIpc) is 1.98. The van der Waals surface area contributed by atoms with E-state index in [0.717, 1.165) is 0 Å². The Morgan fingerprint density at radius 3 is 1.92 bits per heavy atom. The number of rotatable bonds is 2. The molecule has 0 aromatic heterocycles. The van der Waals surface area contributed by atoms with Gasteiger partial charge in [-0.25, -0.2) is 0 Å². The van der Waals surface area contributed by atoms with Gasteiger partial charge in [0.05, 0.1) is 7.11 Å². The van der Waals surface area contributed by atoms with Crippen molar-refractivity contribution in [1.82, 2.24) is 0 Å². The first-order chi connectivity index (χ1) is 5.78. The molecular weight excluding hydrogens is 172 g/mol. The summed E-state index contributed by atoms with van der Waals surface area (Å²) in [7, 11) is 1.24. The van der Waals surface area contributed by atoms with Gasteiger partial charge in [0.2, 0.25) is 0 Å². The maximum absolute atomic E-state index is 11.2. The van der Waals surface area contributed by atoms with Gasteiger partial charge in [0.25, 0.3) is 0 Å². The standard InChI is InChI=1S/C9H16O4/c1-6(7(10)12-5)8(11)13-9(2,3)4/h6H,1-5H3/t6-/m0/s1. The van der Waals surface area contributed by atoms with Gasteiger partial charge in [-0.3, -0.25) is 9.59 Å². The maximum Gasteiger partial charge on any atom is 0.320 e. The van der Waals surface area contributed by atoms with Crippen LogP contribution in [-0.4, -0.2) is 24.6 Å². The van der Waals surface area contributed by atoms with E-state index < -0.39 is 23.5 Å². The highest BCUT2D eigenvalue weighted by Gasteiger charge is 2.27. The molecule has 0 saturated carbocycles. The lowest BCUT2D eigenvalue weighted by molar-refractivity contribution is -0.167. The van der Waals surface area contributed by atoms with E-state index in [0.29, 0.717) is 0 Å². The van der Waals surface area contributed by atoms with Crippen LogP contribution in [-0.2, 0) is 19.1 Å². The molecule has 0 aliphatic heterocycles. The lowest BCUT2D eigenvalue weighted by Crippen LogP contribution is -2.31. The summed E-state index contributed by atoms with van der Waals surface area (Å²) >= 11 is 0. The fraction of sp³-hybridized carbons (Fsp3) is 0.778. The number of ether oxygens (including phenoxy) is 2. The molecule has 0 saturated heterocycles. The first kappa shape index (κ1) is 11.9. The molecule has 0 radical (unpaired) electrons. The minimum atomic E-state index is -0.857. The highest BCUT2D eigenvalue weighted by atomic mass is 16.6. The first-order valence-electron chi connectivity index (χ1n) is 4.08. The summed E-state index contributed by atoms with van der Waals surface area (Å²) in [6, 6.07) is 0. The molecule has 76 valence electrons. The van der Waals surface area contributed by atoms with Gasteiger partial charge >= 0.3 is 11.9 Å². The van der Waals surface area contributed by atoms with Crippen LogP contribution in [0.25, 0.3) is 0 Å². The molecule has 0 bridgehead atoms. The Kier molecular flexibility index (Phi) is 3.91. The van der Waals surface area contributed by atoms with Crippen molar-refractivity contribution in [1.29, 1.82) is 0 Å². The second-order valence-corrected chi connectivity index (χ2v) is 3.78. The van der Waals surface area contributed by atoms with Crippen LogP contribution in [0, 0.1) is 5.92 Å². The van der Waals surface area contributed by atoms with Gasteiger partial charge in [-0.05, 0) is 27.7 Å². The van der Waals surface area contributed by atoms with E-state index in [4.69, 9.17) is 4.74 Å². The van der Waals surface area contributed by atoms with Crippen LogP contribution >= 0.6 is 0 Å². The minimum Gasteiger partial charge on any atom is -0.468 e. The monoisotopic (exact) mass is 188 g/mol. The number of esters is 2. The van der Waals surface area contributed by atoms with E-state index in [-0.39, 0.29) is 0 Å². The third-order valence-electron chi connectivity index (χ3n) is 1.32. The smallest absolute Gasteiger partial charge is 0.320 e. The second kappa shape index (κ2) is 4.25. The molecule has 0 heterocycles. The molecule has 13 heavy (non-hydrogen) atoms. The molecule has 0 spiro atoms. The van der Waals surface area contributed by atoms with Gasteiger partial charge in [-0.2, -0.15) is 0 Å². The molecule has 4 nitrogen and oxygen atoms in total. The van der Waals surface area contributed by atoms with Gasteiger partial charge in [-0.15, -0.1) is 0 Å². The van der Waals surface area contributed by atoms with Crippen molar-refractivity contribution in [2.45, 2.75) is 33.3 Å². The van der Waals surface area contributed by atoms with Crippen molar-refractivity contribution in [2.75, 3.05) is 7.11 Å². The van der Waals surface area contributed by atoms with Gasteiger partial charge < -0.3 is 9.47 Å². The van der Waals surface area contributed by atoms with Gasteiger partial charge in [0.1, 0.15) is 5.60 Å². The van der Waals surface area contributed by atoms with Gasteiger partial charge in [-0.1, -0.05) is 0 Å². The number of hydrogen-bond donors (Lipinski definition) is 0. The average molecular weight is 188 g/mol. The highest BCUT2D eigenvalue weighted by molar-refractivity contribution is 5.94. The Morgan fingerprint density at radius 1 is 1.15 bits per heavy atom. The van der Waals surface area contributed by atoms with E-state index in [9.17, 15) is 9.59 Å². The van der Waals surface area contributed by atoms with Crippen molar-refractivity contribution < 1.29 is 19.1 Å². The zero-order chi connectivity index (χ0) is 10.6. The molecule has 0 aliphatic rings. The van der Waals surface area contributed by atoms with Crippen molar-refractivity contribution in [3.8, 4) is 0 Å². The summed E-state index contributed by atoms with van der Waals surface area (Å²) in [5, 5.41) is 0. The molecule has 0 N–H and O–H groups in total. The summed E-state index contributed by atoms with van der Waals surface area (Å²) < 4.78 is 9.39. The summed E-state index contributed by atoms with van der Waals surface area (Å²) in [6.45, 7) is 6.69. The highest BCUT2D eigenvalue weighted by Crippen LogP contribution is 2.11. The summed E-state index contributed by atoms with van der Waals surface area (Å²) in [6.07, 6.45) is 0. The second-order valence-electron chi connectivity index (χ2n) is 3.78. The number of carbonyl (C=O) groups is 2.